The number of nitrogens with one attached hydrogen (secondary N) is 2. The zero-order valence-corrected chi connectivity index (χ0v) is 12.2. The molecule has 0 aliphatic heterocycles. The first-order valence-corrected chi connectivity index (χ1v) is 7.01. The Labute approximate surface area is 122 Å². The topological polar surface area (TPSA) is 84.3 Å². The monoisotopic (exact) mass is 297 g/mol. The molecule has 0 aliphatic carbocycles. The Bertz CT molecular complexity index is 520. The van der Waals surface area contributed by atoms with E-state index in [1.54, 1.807) is 0 Å². The van der Waals surface area contributed by atoms with E-state index in [0.29, 0.717) is 13.1 Å². The summed E-state index contributed by atoms with van der Waals surface area (Å²) in [6.07, 6.45) is 2.45. The highest BCUT2D eigenvalue weighted by Gasteiger charge is 2.23. The van der Waals surface area contributed by atoms with Gasteiger partial charge in [-0.2, -0.15) is 0 Å². The van der Waals surface area contributed by atoms with Crippen molar-refractivity contribution in [2.24, 2.45) is 0 Å². The third-order valence-electron chi connectivity index (χ3n) is 2.91. The summed E-state index contributed by atoms with van der Waals surface area (Å²) in [4.78, 5) is 22.2. The van der Waals surface area contributed by atoms with Crippen LogP contribution in [0.4, 0.5) is 15.8 Å². The fourth-order valence-electron chi connectivity index (χ4n) is 1.76. The maximum absolute atomic E-state index is 13.8. The van der Waals surface area contributed by atoms with Gasteiger partial charge in [-0.05, 0) is 18.9 Å². The van der Waals surface area contributed by atoms with Gasteiger partial charge >= 0.3 is 0 Å². The summed E-state index contributed by atoms with van der Waals surface area (Å²) in [6, 6.07) is 1.98. The van der Waals surface area contributed by atoms with E-state index in [0.717, 1.165) is 25.3 Å². The fraction of sp³-hybridized carbons (Fsp3) is 0.500. The SMILES string of the molecule is CCCCNC(=O)c1cc(NCCC)c(F)cc1[N+](=O)[O-]. The van der Waals surface area contributed by atoms with Gasteiger partial charge in [-0.1, -0.05) is 20.3 Å². The molecule has 1 amide bonds. The Hall–Kier alpha value is -2.18. The molecule has 6 nitrogen and oxygen atoms in total. The number of unbranched alkanes of at least 4 members (excludes halogenated alkanes) is 1. The van der Waals surface area contributed by atoms with Crippen molar-refractivity contribution in [3.8, 4) is 0 Å². The number of amides is 1. The standard InChI is InChI=1S/C14H20FN3O3/c1-3-5-7-17-14(19)10-8-12(16-6-4-2)11(15)9-13(10)18(20)21/h8-9,16H,3-7H2,1-2H3,(H,17,19). The molecule has 0 atom stereocenters. The van der Waals surface area contributed by atoms with Gasteiger partial charge in [0.1, 0.15) is 5.56 Å². The molecule has 0 unspecified atom stereocenters. The number of halogens is 1. The van der Waals surface area contributed by atoms with Gasteiger partial charge < -0.3 is 10.6 Å². The minimum absolute atomic E-state index is 0.100. The summed E-state index contributed by atoms with van der Waals surface area (Å²) in [5.74, 6) is -1.30. The van der Waals surface area contributed by atoms with Crippen molar-refractivity contribution >= 4 is 17.3 Å². The van der Waals surface area contributed by atoms with Gasteiger partial charge in [-0.15, -0.1) is 0 Å². The lowest BCUT2D eigenvalue weighted by Gasteiger charge is -2.10. The molecule has 0 bridgehead atoms. The summed E-state index contributed by atoms with van der Waals surface area (Å²) in [7, 11) is 0. The molecule has 0 aliphatic rings. The third kappa shape index (κ3) is 4.70. The van der Waals surface area contributed by atoms with Crippen LogP contribution in [-0.4, -0.2) is 23.9 Å². The van der Waals surface area contributed by atoms with Crippen LogP contribution in [0.3, 0.4) is 0 Å². The van der Waals surface area contributed by atoms with Crippen molar-refractivity contribution in [3.05, 3.63) is 33.6 Å². The van der Waals surface area contributed by atoms with Crippen LogP contribution in [-0.2, 0) is 0 Å². The highest BCUT2D eigenvalue weighted by Crippen LogP contribution is 2.26. The number of benzene rings is 1. The first-order chi connectivity index (χ1) is 10.0. The van der Waals surface area contributed by atoms with Crippen LogP contribution in [0, 0.1) is 15.9 Å². The quantitative estimate of drug-likeness (QED) is 0.439. The predicted octanol–water partition coefficient (Wildman–Crippen LogP) is 3.09. The Morgan fingerprint density at radius 3 is 2.57 bits per heavy atom. The Morgan fingerprint density at radius 1 is 1.29 bits per heavy atom. The van der Waals surface area contributed by atoms with Crippen LogP contribution in [0.1, 0.15) is 43.5 Å². The Morgan fingerprint density at radius 2 is 2.00 bits per heavy atom. The molecule has 7 heteroatoms. The van der Waals surface area contributed by atoms with Crippen molar-refractivity contribution in [3.63, 3.8) is 0 Å². The number of nitro benzene ring substituents is 1. The molecule has 0 radical (unpaired) electrons. The largest absolute Gasteiger partial charge is 0.383 e. The van der Waals surface area contributed by atoms with E-state index in [2.05, 4.69) is 10.6 Å². The minimum atomic E-state index is -0.749. The molecule has 0 saturated carbocycles. The smallest absolute Gasteiger partial charge is 0.285 e. The van der Waals surface area contributed by atoms with Gasteiger partial charge in [-0.25, -0.2) is 4.39 Å². The minimum Gasteiger partial charge on any atom is -0.383 e. The van der Waals surface area contributed by atoms with E-state index in [9.17, 15) is 19.3 Å². The molecule has 1 aromatic carbocycles. The van der Waals surface area contributed by atoms with Crippen molar-refractivity contribution < 1.29 is 14.1 Å². The highest BCUT2D eigenvalue weighted by molar-refractivity contribution is 5.99. The Kier molecular flexibility index (Phi) is 6.58. The van der Waals surface area contributed by atoms with E-state index in [4.69, 9.17) is 0 Å². The second kappa shape index (κ2) is 8.18. The molecule has 21 heavy (non-hydrogen) atoms. The van der Waals surface area contributed by atoms with E-state index >= 15 is 0 Å². The first-order valence-electron chi connectivity index (χ1n) is 7.01. The Balaban J connectivity index is 3.07. The van der Waals surface area contributed by atoms with Crippen LogP contribution in [0.5, 0.6) is 0 Å². The number of hydrogen-bond donors (Lipinski definition) is 2. The first kappa shape index (κ1) is 16.9. The summed E-state index contributed by atoms with van der Waals surface area (Å²) in [5.41, 5.74) is -0.553. The average Bonchev–Trinajstić information content (AvgIpc) is 2.45. The molecule has 1 aromatic rings. The maximum atomic E-state index is 13.8. The lowest BCUT2D eigenvalue weighted by atomic mass is 10.1. The zero-order valence-electron chi connectivity index (χ0n) is 12.2. The number of carbonyl (C=O) groups excluding carboxylic acids is 1. The second-order valence-electron chi connectivity index (χ2n) is 4.64. The van der Waals surface area contributed by atoms with Crippen LogP contribution in [0.15, 0.2) is 12.1 Å². The number of hydrogen-bond acceptors (Lipinski definition) is 4. The third-order valence-corrected chi connectivity index (χ3v) is 2.91. The van der Waals surface area contributed by atoms with E-state index < -0.39 is 22.3 Å². The second-order valence-corrected chi connectivity index (χ2v) is 4.64. The molecule has 0 saturated heterocycles. The molecule has 0 aromatic heterocycles. The molecule has 1 rings (SSSR count). The molecule has 0 spiro atoms. The maximum Gasteiger partial charge on any atom is 0.285 e. The van der Waals surface area contributed by atoms with E-state index in [1.807, 2.05) is 13.8 Å². The molecular weight excluding hydrogens is 277 g/mol. The van der Waals surface area contributed by atoms with Gasteiger partial charge in [0.05, 0.1) is 16.7 Å². The van der Waals surface area contributed by atoms with Gasteiger partial charge in [0.15, 0.2) is 5.82 Å². The lowest BCUT2D eigenvalue weighted by molar-refractivity contribution is -0.385. The van der Waals surface area contributed by atoms with Gasteiger partial charge in [0.2, 0.25) is 0 Å². The predicted molar refractivity (Wildman–Crippen MR) is 79.1 cm³/mol. The van der Waals surface area contributed by atoms with Gasteiger partial charge in [0.25, 0.3) is 11.6 Å². The summed E-state index contributed by atoms with van der Waals surface area (Å²) in [5, 5.41) is 16.4. The molecular formula is C14H20FN3O3. The summed E-state index contributed by atoms with van der Waals surface area (Å²) >= 11 is 0. The number of anilines is 1. The average molecular weight is 297 g/mol. The van der Waals surface area contributed by atoms with Crippen LogP contribution in [0.25, 0.3) is 0 Å². The van der Waals surface area contributed by atoms with Crippen LogP contribution in [0.2, 0.25) is 0 Å². The highest BCUT2D eigenvalue weighted by atomic mass is 19.1. The van der Waals surface area contributed by atoms with Crippen LogP contribution >= 0.6 is 0 Å². The molecule has 116 valence electrons. The fourth-order valence-corrected chi connectivity index (χ4v) is 1.76. The molecule has 0 heterocycles. The van der Waals surface area contributed by atoms with E-state index in [1.165, 1.54) is 6.07 Å². The summed E-state index contributed by atoms with van der Waals surface area (Å²) in [6.45, 7) is 4.83. The van der Waals surface area contributed by atoms with Crippen molar-refractivity contribution in [2.45, 2.75) is 33.1 Å². The summed E-state index contributed by atoms with van der Waals surface area (Å²) < 4.78 is 13.8. The van der Waals surface area contributed by atoms with Gasteiger partial charge in [-0.3, -0.25) is 14.9 Å². The number of carbonyl (C=O) groups is 1. The number of nitro groups is 1. The van der Waals surface area contributed by atoms with Gasteiger partial charge in [0, 0.05) is 13.1 Å². The van der Waals surface area contributed by atoms with Crippen molar-refractivity contribution in [2.75, 3.05) is 18.4 Å². The van der Waals surface area contributed by atoms with Crippen LogP contribution < -0.4 is 10.6 Å². The molecule has 0 fully saturated rings. The molecule has 2 N–H and O–H groups in total. The zero-order chi connectivity index (χ0) is 15.8. The van der Waals surface area contributed by atoms with E-state index in [-0.39, 0.29) is 11.3 Å². The lowest BCUT2D eigenvalue weighted by Crippen LogP contribution is -2.25. The number of nitrogens with zero attached hydrogens (tertiary/aromatic N) is 1. The van der Waals surface area contributed by atoms with Crippen molar-refractivity contribution in [1.29, 1.82) is 0 Å². The normalized spacial score (nSPS) is 10.2. The number of rotatable bonds is 8. The van der Waals surface area contributed by atoms with Crippen molar-refractivity contribution in [1.82, 2.24) is 5.32 Å².